The van der Waals surface area contributed by atoms with E-state index >= 15 is 0 Å². The molecule has 1 aromatic carbocycles. The van der Waals surface area contributed by atoms with Crippen molar-refractivity contribution in [2.45, 2.75) is 12.5 Å². The van der Waals surface area contributed by atoms with E-state index in [2.05, 4.69) is 5.32 Å². The van der Waals surface area contributed by atoms with E-state index in [0.29, 0.717) is 6.42 Å². The van der Waals surface area contributed by atoms with Crippen LogP contribution in [0.1, 0.15) is 5.56 Å². The second kappa shape index (κ2) is 5.54. The van der Waals surface area contributed by atoms with Gasteiger partial charge in [-0.15, -0.1) is 0 Å². The molecular formula is C12H18N2O3. The van der Waals surface area contributed by atoms with Gasteiger partial charge in [0.2, 0.25) is 5.91 Å². The minimum absolute atomic E-state index is 0.0277. The summed E-state index contributed by atoms with van der Waals surface area (Å²) < 4.78 is 0. The Labute approximate surface area is 101 Å². The van der Waals surface area contributed by atoms with Gasteiger partial charge in [-0.05, 0) is 31.2 Å². The Bertz CT molecular complexity index is 405. The quantitative estimate of drug-likeness (QED) is 0.660. The Hall–Kier alpha value is -1.75. The SMILES string of the molecule is CN[C@H](Cc1ccc(O)c(O)c1)C(=O)N(C)C. The van der Waals surface area contributed by atoms with E-state index in [9.17, 15) is 15.0 Å². The monoisotopic (exact) mass is 238 g/mol. The van der Waals surface area contributed by atoms with Gasteiger partial charge >= 0.3 is 0 Å². The normalized spacial score (nSPS) is 12.2. The molecule has 3 N–H and O–H groups in total. The highest BCUT2D eigenvalue weighted by atomic mass is 16.3. The van der Waals surface area contributed by atoms with Crippen LogP contribution in [0.25, 0.3) is 0 Å². The Balaban J connectivity index is 2.80. The van der Waals surface area contributed by atoms with E-state index in [1.54, 1.807) is 27.2 Å². The minimum atomic E-state index is -0.339. The van der Waals surface area contributed by atoms with Gasteiger partial charge in [0.15, 0.2) is 11.5 Å². The number of nitrogens with zero attached hydrogens (tertiary/aromatic N) is 1. The number of phenols is 2. The summed E-state index contributed by atoms with van der Waals surface area (Å²) in [6, 6.07) is 4.22. The molecule has 0 spiro atoms. The van der Waals surface area contributed by atoms with Crippen LogP contribution in [0.15, 0.2) is 18.2 Å². The first kappa shape index (κ1) is 13.3. The Morgan fingerprint density at radius 2 is 2.00 bits per heavy atom. The van der Waals surface area contributed by atoms with Crippen LogP contribution >= 0.6 is 0 Å². The molecule has 0 bridgehead atoms. The molecule has 0 aliphatic heterocycles. The summed E-state index contributed by atoms with van der Waals surface area (Å²) in [6.45, 7) is 0. The van der Waals surface area contributed by atoms with Gasteiger partial charge in [0.25, 0.3) is 0 Å². The number of carbonyl (C=O) groups excluding carboxylic acids is 1. The van der Waals surface area contributed by atoms with Crippen LogP contribution in [-0.4, -0.2) is 48.2 Å². The summed E-state index contributed by atoms with van der Waals surface area (Å²) in [5.41, 5.74) is 0.787. The number of likely N-dealkylation sites (N-methyl/N-ethyl adjacent to an activating group) is 2. The number of aromatic hydroxyl groups is 2. The summed E-state index contributed by atoms with van der Waals surface area (Å²) in [5.74, 6) is -0.358. The van der Waals surface area contributed by atoms with Crippen LogP contribution < -0.4 is 5.32 Å². The first-order valence-corrected chi connectivity index (χ1v) is 5.35. The zero-order valence-electron chi connectivity index (χ0n) is 10.3. The average Bonchev–Trinajstić information content (AvgIpc) is 2.29. The molecule has 94 valence electrons. The van der Waals surface area contributed by atoms with Crippen LogP contribution in [0, 0.1) is 0 Å². The fourth-order valence-corrected chi connectivity index (χ4v) is 1.56. The number of hydrogen-bond acceptors (Lipinski definition) is 4. The number of rotatable bonds is 4. The molecule has 0 radical (unpaired) electrons. The van der Waals surface area contributed by atoms with Crippen LogP contribution in [0.2, 0.25) is 0 Å². The molecule has 0 aliphatic carbocycles. The lowest BCUT2D eigenvalue weighted by Gasteiger charge is -2.20. The maximum Gasteiger partial charge on any atom is 0.239 e. The van der Waals surface area contributed by atoms with Gasteiger partial charge in [-0.3, -0.25) is 4.79 Å². The van der Waals surface area contributed by atoms with Crippen molar-refractivity contribution in [2.75, 3.05) is 21.1 Å². The Morgan fingerprint density at radius 3 is 2.47 bits per heavy atom. The van der Waals surface area contributed by atoms with Crippen molar-refractivity contribution in [1.29, 1.82) is 0 Å². The highest BCUT2D eigenvalue weighted by molar-refractivity contribution is 5.81. The number of carbonyl (C=O) groups is 1. The van der Waals surface area contributed by atoms with Gasteiger partial charge in [-0.1, -0.05) is 6.07 Å². The van der Waals surface area contributed by atoms with E-state index in [-0.39, 0.29) is 23.4 Å². The van der Waals surface area contributed by atoms with Gasteiger partial charge in [0.1, 0.15) is 0 Å². The summed E-state index contributed by atoms with van der Waals surface area (Å²) >= 11 is 0. The molecule has 0 aromatic heterocycles. The second-order valence-corrected chi connectivity index (χ2v) is 4.10. The molecule has 0 saturated heterocycles. The molecule has 17 heavy (non-hydrogen) atoms. The lowest BCUT2D eigenvalue weighted by Crippen LogP contribution is -2.43. The standard InChI is InChI=1S/C12H18N2O3/c1-13-9(12(17)14(2)3)6-8-4-5-10(15)11(16)7-8/h4-5,7,9,13,15-16H,6H2,1-3H3/t9-/m1/s1. The van der Waals surface area contributed by atoms with E-state index in [1.807, 2.05) is 0 Å². The van der Waals surface area contributed by atoms with E-state index < -0.39 is 0 Å². The first-order chi connectivity index (χ1) is 7.95. The van der Waals surface area contributed by atoms with Crippen molar-refractivity contribution < 1.29 is 15.0 Å². The molecule has 0 heterocycles. The highest BCUT2D eigenvalue weighted by Crippen LogP contribution is 2.25. The Morgan fingerprint density at radius 1 is 1.35 bits per heavy atom. The van der Waals surface area contributed by atoms with Crippen molar-refractivity contribution in [1.82, 2.24) is 10.2 Å². The molecule has 1 amide bonds. The van der Waals surface area contributed by atoms with Crippen molar-refractivity contribution in [3.8, 4) is 11.5 Å². The van der Waals surface area contributed by atoms with E-state index in [4.69, 9.17) is 0 Å². The molecule has 1 aromatic rings. The number of amides is 1. The summed E-state index contributed by atoms with van der Waals surface area (Å²) in [7, 11) is 5.11. The first-order valence-electron chi connectivity index (χ1n) is 5.35. The van der Waals surface area contributed by atoms with Gasteiger partial charge in [-0.2, -0.15) is 0 Å². The smallest absolute Gasteiger partial charge is 0.239 e. The zero-order chi connectivity index (χ0) is 13.0. The molecule has 0 saturated carbocycles. The highest BCUT2D eigenvalue weighted by Gasteiger charge is 2.18. The number of phenolic OH excluding ortho intramolecular Hbond substituents is 2. The minimum Gasteiger partial charge on any atom is -0.504 e. The topological polar surface area (TPSA) is 72.8 Å². The molecule has 0 aliphatic rings. The third-order valence-electron chi connectivity index (χ3n) is 2.57. The van der Waals surface area contributed by atoms with Gasteiger partial charge < -0.3 is 20.4 Å². The third kappa shape index (κ3) is 3.35. The lowest BCUT2D eigenvalue weighted by molar-refractivity contribution is -0.130. The number of benzene rings is 1. The summed E-state index contributed by atoms with van der Waals surface area (Å²) in [4.78, 5) is 13.3. The number of nitrogens with one attached hydrogen (secondary N) is 1. The fraction of sp³-hybridized carbons (Fsp3) is 0.417. The van der Waals surface area contributed by atoms with Crippen LogP contribution in [-0.2, 0) is 11.2 Å². The third-order valence-corrected chi connectivity index (χ3v) is 2.57. The molecule has 5 heteroatoms. The van der Waals surface area contributed by atoms with E-state index in [0.717, 1.165) is 5.56 Å². The van der Waals surface area contributed by atoms with Crippen molar-refractivity contribution in [3.05, 3.63) is 23.8 Å². The summed E-state index contributed by atoms with van der Waals surface area (Å²) in [5, 5.41) is 21.5. The van der Waals surface area contributed by atoms with Crippen molar-refractivity contribution in [3.63, 3.8) is 0 Å². The maximum atomic E-state index is 11.8. The van der Waals surface area contributed by atoms with Gasteiger partial charge in [0.05, 0.1) is 6.04 Å². The van der Waals surface area contributed by atoms with Crippen molar-refractivity contribution in [2.24, 2.45) is 0 Å². The largest absolute Gasteiger partial charge is 0.504 e. The summed E-state index contributed by atoms with van der Waals surface area (Å²) in [6.07, 6.45) is 0.460. The van der Waals surface area contributed by atoms with Crippen molar-refractivity contribution >= 4 is 5.91 Å². The lowest BCUT2D eigenvalue weighted by atomic mass is 10.0. The molecule has 1 rings (SSSR count). The molecule has 0 unspecified atom stereocenters. The Kier molecular flexibility index (Phi) is 4.34. The van der Waals surface area contributed by atoms with E-state index in [1.165, 1.54) is 17.0 Å². The number of hydrogen-bond donors (Lipinski definition) is 3. The van der Waals surface area contributed by atoms with Crippen LogP contribution in [0.4, 0.5) is 0 Å². The molecular weight excluding hydrogens is 220 g/mol. The molecule has 1 atom stereocenters. The maximum absolute atomic E-state index is 11.8. The predicted octanol–water partition coefficient (Wildman–Crippen LogP) is 0.316. The average molecular weight is 238 g/mol. The molecule has 5 nitrogen and oxygen atoms in total. The van der Waals surface area contributed by atoms with Crippen LogP contribution in [0.3, 0.4) is 0 Å². The predicted molar refractivity (Wildman–Crippen MR) is 65.0 cm³/mol. The molecule has 0 fully saturated rings. The second-order valence-electron chi connectivity index (χ2n) is 4.10. The fourth-order valence-electron chi connectivity index (χ4n) is 1.56. The zero-order valence-corrected chi connectivity index (χ0v) is 10.3. The van der Waals surface area contributed by atoms with Gasteiger partial charge in [0, 0.05) is 14.1 Å². The van der Waals surface area contributed by atoms with Crippen LogP contribution in [0.5, 0.6) is 11.5 Å². The van der Waals surface area contributed by atoms with Gasteiger partial charge in [-0.25, -0.2) is 0 Å².